The van der Waals surface area contributed by atoms with Gasteiger partial charge >= 0.3 is 6.03 Å². The molecule has 1 aromatic heterocycles. The number of benzene rings is 2. The second-order valence-corrected chi connectivity index (χ2v) is 7.51. The summed E-state index contributed by atoms with van der Waals surface area (Å²) < 4.78 is 1.62. The molecule has 0 aliphatic carbocycles. The maximum atomic E-state index is 13.1. The second kappa shape index (κ2) is 7.90. The molecule has 156 valence electrons. The summed E-state index contributed by atoms with van der Waals surface area (Å²) in [5.41, 5.74) is 6.28. The van der Waals surface area contributed by atoms with Gasteiger partial charge in [-0.05, 0) is 24.3 Å². The average Bonchev–Trinajstić information content (AvgIpc) is 3.05. The van der Waals surface area contributed by atoms with E-state index in [0.29, 0.717) is 16.5 Å². The monoisotopic (exact) mass is 456 g/mol. The van der Waals surface area contributed by atoms with Gasteiger partial charge in [0.05, 0.1) is 15.7 Å². The van der Waals surface area contributed by atoms with Crippen molar-refractivity contribution >= 4 is 69.6 Å². The number of halogens is 2. The lowest BCUT2D eigenvalue weighted by atomic mass is 10.1. The quantitative estimate of drug-likeness (QED) is 0.463. The van der Waals surface area contributed by atoms with E-state index in [0.717, 1.165) is 4.90 Å². The van der Waals surface area contributed by atoms with Crippen LogP contribution in [0.4, 0.5) is 10.5 Å². The normalized spacial score (nSPS) is 15.6. The van der Waals surface area contributed by atoms with E-state index in [-0.39, 0.29) is 27.9 Å². The first kappa shape index (κ1) is 20.6. The zero-order valence-corrected chi connectivity index (χ0v) is 17.3. The molecule has 0 spiro atoms. The number of rotatable bonds is 4. The van der Waals surface area contributed by atoms with E-state index in [9.17, 15) is 19.2 Å². The lowest BCUT2D eigenvalue weighted by Gasteiger charge is -2.27. The third kappa shape index (κ3) is 3.67. The molecule has 2 aromatic carbocycles. The fraction of sp³-hybridized carbons (Fsp3) is 0.0476. The van der Waals surface area contributed by atoms with Crippen molar-refractivity contribution in [3.8, 4) is 0 Å². The minimum Gasteiger partial charge on any atom is -0.368 e. The van der Waals surface area contributed by atoms with E-state index >= 15 is 0 Å². The van der Waals surface area contributed by atoms with Gasteiger partial charge < -0.3 is 10.3 Å². The lowest BCUT2D eigenvalue weighted by Crippen LogP contribution is -2.54. The molecule has 0 radical (unpaired) electrons. The Hall–Kier alpha value is -3.62. The summed E-state index contributed by atoms with van der Waals surface area (Å²) in [6, 6.07) is 10.7. The number of carbonyl (C=O) groups excluding carboxylic acids is 4. The molecule has 2 heterocycles. The Balaban J connectivity index is 1.83. The van der Waals surface area contributed by atoms with E-state index in [1.54, 1.807) is 35.0 Å². The third-order valence-electron chi connectivity index (χ3n) is 4.72. The minimum absolute atomic E-state index is 0.000531. The number of nitrogens with zero attached hydrogens (tertiary/aromatic N) is 2. The van der Waals surface area contributed by atoms with Crippen LogP contribution < -0.4 is 16.0 Å². The number of aromatic nitrogens is 1. The van der Waals surface area contributed by atoms with Gasteiger partial charge in [0.1, 0.15) is 12.1 Å². The number of carbonyl (C=O) groups is 4. The van der Waals surface area contributed by atoms with Gasteiger partial charge in [0.25, 0.3) is 11.8 Å². The Labute approximate surface area is 185 Å². The molecule has 1 fully saturated rings. The second-order valence-electron chi connectivity index (χ2n) is 6.73. The van der Waals surface area contributed by atoms with Crippen LogP contribution in [0.1, 0.15) is 5.56 Å². The number of amides is 5. The summed E-state index contributed by atoms with van der Waals surface area (Å²) >= 11 is 12.2. The summed E-state index contributed by atoms with van der Waals surface area (Å²) in [6.07, 6.45) is 2.96. The molecule has 3 N–H and O–H groups in total. The minimum atomic E-state index is -0.938. The number of urea groups is 1. The first-order valence-electron chi connectivity index (χ1n) is 8.99. The number of para-hydroxylation sites is 1. The molecule has 1 aliphatic heterocycles. The van der Waals surface area contributed by atoms with Crippen molar-refractivity contribution in [3.63, 3.8) is 0 Å². The average molecular weight is 457 g/mol. The number of hydrogen-bond acceptors (Lipinski definition) is 4. The molecule has 1 saturated heterocycles. The summed E-state index contributed by atoms with van der Waals surface area (Å²) in [7, 11) is 0. The fourth-order valence-electron chi connectivity index (χ4n) is 3.39. The highest BCUT2D eigenvalue weighted by molar-refractivity contribution is 6.46. The Bertz CT molecular complexity index is 1310. The zero-order valence-electron chi connectivity index (χ0n) is 15.8. The number of anilines is 1. The number of barbiturate groups is 1. The Morgan fingerprint density at radius 2 is 1.81 bits per heavy atom. The van der Waals surface area contributed by atoms with Gasteiger partial charge in [-0.2, -0.15) is 0 Å². The van der Waals surface area contributed by atoms with Gasteiger partial charge in [-0.1, -0.05) is 47.5 Å². The molecule has 0 bridgehead atoms. The van der Waals surface area contributed by atoms with Crippen molar-refractivity contribution in [1.82, 2.24) is 9.88 Å². The molecule has 4 rings (SSSR count). The number of hydrogen-bond donors (Lipinski definition) is 2. The molecule has 0 atom stereocenters. The van der Waals surface area contributed by atoms with Crippen molar-refractivity contribution in [2.75, 3.05) is 4.90 Å². The highest BCUT2D eigenvalue weighted by Gasteiger charge is 2.38. The third-order valence-corrected chi connectivity index (χ3v) is 5.53. The highest BCUT2D eigenvalue weighted by atomic mass is 35.5. The topological polar surface area (TPSA) is 114 Å². The summed E-state index contributed by atoms with van der Waals surface area (Å²) in [5.74, 6) is -2.25. The van der Waals surface area contributed by atoms with Crippen LogP contribution in [0, 0.1) is 0 Å². The summed E-state index contributed by atoms with van der Waals surface area (Å²) in [4.78, 5) is 50.2. The maximum Gasteiger partial charge on any atom is 0.336 e. The summed E-state index contributed by atoms with van der Waals surface area (Å²) in [6.45, 7) is -0.0768. The first-order chi connectivity index (χ1) is 14.8. The van der Waals surface area contributed by atoms with Crippen molar-refractivity contribution in [3.05, 3.63) is 69.8 Å². The number of imide groups is 2. The fourth-order valence-corrected chi connectivity index (χ4v) is 3.77. The number of nitrogens with one attached hydrogen (secondary N) is 1. The zero-order chi connectivity index (χ0) is 22.3. The van der Waals surface area contributed by atoms with E-state index in [1.165, 1.54) is 24.3 Å². The van der Waals surface area contributed by atoms with Crippen molar-refractivity contribution in [1.29, 1.82) is 0 Å². The van der Waals surface area contributed by atoms with Gasteiger partial charge in [0.2, 0.25) is 5.91 Å². The Morgan fingerprint density at radius 1 is 1.06 bits per heavy atom. The molecular weight excluding hydrogens is 443 g/mol. The Morgan fingerprint density at radius 3 is 2.55 bits per heavy atom. The number of fused-ring (bicyclic) bond motifs is 1. The van der Waals surface area contributed by atoms with Crippen LogP contribution >= 0.6 is 23.2 Å². The molecule has 8 nitrogen and oxygen atoms in total. The van der Waals surface area contributed by atoms with E-state index in [1.807, 2.05) is 0 Å². The predicted molar refractivity (Wildman–Crippen MR) is 117 cm³/mol. The molecule has 0 saturated carbocycles. The molecule has 3 aromatic rings. The SMILES string of the molecule is NC(=O)Cn1cc(/C=C2\C(=O)NC(=O)N(c3cccc(Cl)c3Cl)C2=O)c2ccccc21. The molecule has 1 aliphatic rings. The van der Waals surface area contributed by atoms with Crippen molar-refractivity contribution in [2.24, 2.45) is 5.73 Å². The van der Waals surface area contributed by atoms with Crippen LogP contribution in [-0.4, -0.2) is 28.3 Å². The van der Waals surface area contributed by atoms with Gasteiger partial charge in [-0.15, -0.1) is 0 Å². The van der Waals surface area contributed by atoms with Gasteiger partial charge in [0.15, 0.2) is 0 Å². The van der Waals surface area contributed by atoms with E-state index in [4.69, 9.17) is 28.9 Å². The largest absolute Gasteiger partial charge is 0.368 e. The standard InChI is InChI=1S/C21H14Cl2N4O4/c22-14-5-3-7-16(18(14)23)27-20(30)13(19(29)25-21(27)31)8-11-9-26(10-17(24)28)15-6-2-1-4-12(11)15/h1-9H,10H2,(H2,24,28)(H,25,29,31)/b13-8+. The van der Waals surface area contributed by atoms with Crippen LogP contribution in [0.15, 0.2) is 54.2 Å². The Kier molecular flexibility index (Phi) is 5.26. The van der Waals surface area contributed by atoms with Gasteiger partial charge in [0, 0.05) is 22.7 Å². The highest BCUT2D eigenvalue weighted by Crippen LogP contribution is 2.34. The molecule has 0 unspecified atom stereocenters. The van der Waals surface area contributed by atoms with Crippen LogP contribution in [0.5, 0.6) is 0 Å². The van der Waals surface area contributed by atoms with Crippen LogP contribution in [0.3, 0.4) is 0 Å². The first-order valence-corrected chi connectivity index (χ1v) is 9.75. The van der Waals surface area contributed by atoms with Gasteiger partial charge in [-0.3, -0.25) is 19.7 Å². The van der Waals surface area contributed by atoms with Crippen molar-refractivity contribution < 1.29 is 19.2 Å². The van der Waals surface area contributed by atoms with E-state index in [2.05, 4.69) is 5.32 Å². The van der Waals surface area contributed by atoms with E-state index < -0.39 is 23.8 Å². The molecule has 5 amide bonds. The van der Waals surface area contributed by atoms with Crippen LogP contribution in [0.2, 0.25) is 10.0 Å². The van der Waals surface area contributed by atoms with Crippen molar-refractivity contribution in [2.45, 2.75) is 6.54 Å². The number of nitrogens with two attached hydrogens (primary N) is 1. The maximum absolute atomic E-state index is 13.1. The number of primary amides is 1. The molecule has 31 heavy (non-hydrogen) atoms. The van der Waals surface area contributed by atoms with Crippen LogP contribution in [-0.2, 0) is 20.9 Å². The molecule has 10 heteroatoms. The van der Waals surface area contributed by atoms with Crippen LogP contribution in [0.25, 0.3) is 17.0 Å². The summed E-state index contributed by atoms with van der Waals surface area (Å²) in [5, 5.41) is 2.98. The smallest absolute Gasteiger partial charge is 0.336 e. The molecular formula is C21H14Cl2N4O4. The lowest BCUT2D eigenvalue weighted by molar-refractivity contribution is -0.122. The van der Waals surface area contributed by atoms with Gasteiger partial charge in [-0.25, -0.2) is 9.69 Å². The predicted octanol–water partition coefficient (Wildman–Crippen LogP) is 3.10.